The van der Waals surface area contributed by atoms with Gasteiger partial charge in [0.25, 0.3) is 5.91 Å². The number of hydrogen-bond acceptors (Lipinski definition) is 3. The lowest BCUT2D eigenvalue weighted by Crippen LogP contribution is -2.40. The van der Waals surface area contributed by atoms with Crippen LogP contribution in [0.2, 0.25) is 5.02 Å². The second-order valence-electron chi connectivity index (χ2n) is 8.68. The summed E-state index contributed by atoms with van der Waals surface area (Å²) in [7, 11) is 0. The Morgan fingerprint density at radius 3 is 2.17 bits per heavy atom. The minimum absolute atomic E-state index is 0.0918. The van der Waals surface area contributed by atoms with Gasteiger partial charge < -0.3 is 5.32 Å². The number of amides is 3. The fourth-order valence-electron chi connectivity index (χ4n) is 5.74. The number of rotatable bonds is 3. The number of nitrogens with zero attached hydrogens (tertiary/aromatic N) is 1. The van der Waals surface area contributed by atoms with E-state index in [1.807, 2.05) is 0 Å². The highest BCUT2D eigenvalue weighted by Gasteiger charge is 2.67. The number of halogens is 1. The van der Waals surface area contributed by atoms with E-state index in [9.17, 15) is 14.4 Å². The number of allylic oxidation sites excluding steroid dienone is 2. The van der Waals surface area contributed by atoms with Crippen LogP contribution in [-0.4, -0.2) is 17.7 Å². The third-order valence-electron chi connectivity index (χ3n) is 7.13. The quantitative estimate of drug-likeness (QED) is 0.601. The minimum Gasteiger partial charge on any atom is -0.322 e. The Morgan fingerprint density at radius 1 is 0.933 bits per heavy atom. The third kappa shape index (κ3) is 2.51. The molecule has 5 aliphatic rings. The van der Waals surface area contributed by atoms with Gasteiger partial charge in [0.15, 0.2) is 0 Å². The Bertz CT molecular complexity index is 1090. The van der Waals surface area contributed by atoms with Crippen LogP contribution >= 0.6 is 11.6 Å². The molecule has 2 bridgehead atoms. The summed E-state index contributed by atoms with van der Waals surface area (Å²) in [6.07, 6.45) is 5.47. The normalized spacial score (nSPS) is 32.8. The number of nitrogens with one attached hydrogen (secondary N) is 1. The molecule has 30 heavy (non-hydrogen) atoms. The second-order valence-corrected chi connectivity index (χ2v) is 9.11. The predicted octanol–water partition coefficient (Wildman–Crippen LogP) is 4.15. The van der Waals surface area contributed by atoms with Gasteiger partial charge in [0.1, 0.15) is 0 Å². The molecule has 3 amide bonds. The zero-order chi connectivity index (χ0) is 20.6. The molecule has 0 aromatic heterocycles. The van der Waals surface area contributed by atoms with Gasteiger partial charge >= 0.3 is 0 Å². The molecule has 1 saturated heterocycles. The van der Waals surface area contributed by atoms with Crippen molar-refractivity contribution in [3.8, 4) is 0 Å². The Morgan fingerprint density at radius 2 is 1.57 bits per heavy atom. The molecule has 2 aromatic carbocycles. The fourth-order valence-corrected chi connectivity index (χ4v) is 5.93. The molecule has 2 aromatic rings. The maximum Gasteiger partial charge on any atom is 0.255 e. The van der Waals surface area contributed by atoms with Crippen LogP contribution < -0.4 is 10.2 Å². The molecule has 7 rings (SSSR count). The molecule has 6 heteroatoms. The van der Waals surface area contributed by atoms with Crippen LogP contribution in [0.4, 0.5) is 11.4 Å². The van der Waals surface area contributed by atoms with E-state index in [1.54, 1.807) is 48.5 Å². The number of benzene rings is 2. The molecular weight excluding hydrogens is 400 g/mol. The summed E-state index contributed by atoms with van der Waals surface area (Å²) in [4.78, 5) is 40.2. The number of anilines is 2. The van der Waals surface area contributed by atoms with E-state index in [2.05, 4.69) is 17.5 Å². The molecule has 1 aliphatic heterocycles. The molecule has 5 nitrogen and oxygen atoms in total. The van der Waals surface area contributed by atoms with Gasteiger partial charge in [-0.15, -0.1) is 0 Å². The number of carbonyl (C=O) groups is 3. The average molecular weight is 419 g/mol. The van der Waals surface area contributed by atoms with E-state index >= 15 is 0 Å². The van der Waals surface area contributed by atoms with E-state index in [-0.39, 0.29) is 41.4 Å². The summed E-state index contributed by atoms with van der Waals surface area (Å²) < 4.78 is 0. The minimum atomic E-state index is -0.279. The smallest absolute Gasteiger partial charge is 0.255 e. The zero-order valence-electron chi connectivity index (χ0n) is 16.0. The second kappa shape index (κ2) is 6.29. The molecular formula is C24H19ClN2O3. The molecule has 0 radical (unpaired) electrons. The standard InChI is InChI=1S/C24H19ClN2O3/c25-13-2-1-3-14(10-13)26-22(28)12-4-6-15(7-5-12)27-23(29)20-16-8-9-17(19-11-18(16)19)21(20)24(27)30/h1-10,16-21H,11H2,(H,26,28)/t16-,17-,18-,19-,20-,21+/m0/s1. The van der Waals surface area contributed by atoms with Gasteiger partial charge in [0.2, 0.25) is 11.8 Å². The fraction of sp³-hybridized carbons (Fsp3) is 0.292. The highest BCUT2D eigenvalue weighted by molar-refractivity contribution is 6.31. The number of hydrogen-bond donors (Lipinski definition) is 1. The van der Waals surface area contributed by atoms with Gasteiger partial charge in [0, 0.05) is 16.3 Å². The van der Waals surface area contributed by atoms with Gasteiger partial charge in [-0.2, -0.15) is 0 Å². The topological polar surface area (TPSA) is 66.5 Å². The first-order chi connectivity index (χ1) is 14.5. The van der Waals surface area contributed by atoms with Crippen molar-refractivity contribution in [1.82, 2.24) is 0 Å². The highest BCUT2D eigenvalue weighted by atomic mass is 35.5. The summed E-state index contributed by atoms with van der Waals surface area (Å²) in [5, 5.41) is 3.34. The van der Waals surface area contributed by atoms with Crippen molar-refractivity contribution in [1.29, 1.82) is 0 Å². The lowest BCUT2D eigenvalue weighted by molar-refractivity contribution is -0.124. The summed E-state index contributed by atoms with van der Waals surface area (Å²) >= 11 is 5.96. The summed E-state index contributed by atoms with van der Waals surface area (Å²) in [5.41, 5.74) is 1.58. The lowest BCUT2D eigenvalue weighted by Gasteiger charge is -2.37. The first-order valence-corrected chi connectivity index (χ1v) is 10.6. The summed E-state index contributed by atoms with van der Waals surface area (Å²) in [5.74, 6) is 0.661. The van der Waals surface area contributed by atoms with Crippen LogP contribution in [0.15, 0.2) is 60.7 Å². The van der Waals surface area contributed by atoms with Gasteiger partial charge in [-0.1, -0.05) is 29.8 Å². The van der Waals surface area contributed by atoms with Gasteiger partial charge in [-0.05, 0) is 72.6 Å². The van der Waals surface area contributed by atoms with Crippen LogP contribution in [0, 0.1) is 35.5 Å². The molecule has 3 fully saturated rings. The molecule has 0 unspecified atom stereocenters. The van der Waals surface area contributed by atoms with Crippen molar-refractivity contribution in [3.63, 3.8) is 0 Å². The Hall–Kier alpha value is -2.92. The lowest BCUT2D eigenvalue weighted by atomic mass is 9.63. The molecule has 0 spiro atoms. The van der Waals surface area contributed by atoms with Crippen LogP contribution in [-0.2, 0) is 9.59 Å². The molecule has 2 saturated carbocycles. The van der Waals surface area contributed by atoms with E-state index < -0.39 is 0 Å². The van der Waals surface area contributed by atoms with Crippen LogP contribution in [0.25, 0.3) is 0 Å². The van der Waals surface area contributed by atoms with Crippen LogP contribution in [0.1, 0.15) is 16.8 Å². The SMILES string of the molecule is O=C(Nc1cccc(Cl)c1)c1ccc(N2C(=O)[C@@H]3[C@H]4C=C[C@@H]([C@@H]5C[C@@H]45)[C@@H]3C2=O)cc1. The number of imide groups is 1. The Labute approximate surface area is 178 Å². The van der Waals surface area contributed by atoms with Crippen molar-refractivity contribution in [2.24, 2.45) is 35.5 Å². The zero-order valence-corrected chi connectivity index (χ0v) is 16.8. The van der Waals surface area contributed by atoms with E-state index in [0.29, 0.717) is 33.8 Å². The Balaban J connectivity index is 1.23. The van der Waals surface area contributed by atoms with Crippen molar-refractivity contribution in [3.05, 3.63) is 71.3 Å². The molecule has 150 valence electrons. The average Bonchev–Trinajstić information content (AvgIpc) is 3.52. The molecule has 4 aliphatic carbocycles. The van der Waals surface area contributed by atoms with Crippen molar-refractivity contribution in [2.45, 2.75) is 6.42 Å². The van der Waals surface area contributed by atoms with E-state index in [4.69, 9.17) is 11.6 Å². The molecule has 1 N–H and O–H groups in total. The summed E-state index contributed by atoms with van der Waals surface area (Å²) in [6.45, 7) is 0. The Kier molecular flexibility index (Phi) is 3.75. The van der Waals surface area contributed by atoms with Crippen LogP contribution in [0.3, 0.4) is 0 Å². The first-order valence-electron chi connectivity index (χ1n) is 10.3. The number of carbonyl (C=O) groups excluding carboxylic acids is 3. The highest BCUT2D eigenvalue weighted by Crippen LogP contribution is 2.65. The maximum atomic E-state index is 13.2. The van der Waals surface area contributed by atoms with Crippen LogP contribution in [0.5, 0.6) is 0 Å². The maximum absolute atomic E-state index is 13.2. The van der Waals surface area contributed by atoms with Gasteiger partial charge in [0.05, 0.1) is 17.5 Å². The predicted molar refractivity (Wildman–Crippen MR) is 113 cm³/mol. The molecule has 1 heterocycles. The summed E-state index contributed by atoms with van der Waals surface area (Å²) in [6, 6.07) is 13.6. The van der Waals surface area contributed by atoms with E-state index in [0.717, 1.165) is 6.42 Å². The van der Waals surface area contributed by atoms with Gasteiger partial charge in [-0.3, -0.25) is 19.3 Å². The monoisotopic (exact) mass is 418 g/mol. The third-order valence-corrected chi connectivity index (χ3v) is 7.37. The first kappa shape index (κ1) is 17.9. The molecule has 6 atom stereocenters. The van der Waals surface area contributed by atoms with Gasteiger partial charge in [-0.25, -0.2) is 0 Å². The van der Waals surface area contributed by atoms with Crippen molar-refractivity contribution < 1.29 is 14.4 Å². The van der Waals surface area contributed by atoms with Crippen molar-refractivity contribution >= 4 is 40.7 Å². The van der Waals surface area contributed by atoms with E-state index in [1.165, 1.54) is 4.90 Å². The van der Waals surface area contributed by atoms with Crippen molar-refractivity contribution in [2.75, 3.05) is 10.2 Å². The largest absolute Gasteiger partial charge is 0.322 e.